The number of aliphatic hydroxyl groups excluding tert-OH is 4. The Hall–Kier alpha value is 0.110. The zero-order valence-electron chi connectivity index (χ0n) is 6.74. The molecule has 7 heteroatoms. The molecule has 0 saturated carbocycles. The fourth-order valence-electron chi connectivity index (χ4n) is 1.24. The van der Waals surface area contributed by atoms with Gasteiger partial charge in [-0.1, -0.05) is 12.8 Å². The third-order valence-corrected chi connectivity index (χ3v) is 2.35. The van der Waals surface area contributed by atoms with Gasteiger partial charge in [-0.05, 0) is 0 Å². The molecule has 0 radical (unpaired) electrons. The summed E-state index contributed by atoms with van der Waals surface area (Å²) in [6, 6.07) is -0.874. The van der Waals surface area contributed by atoms with Crippen LogP contribution >= 0.6 is 12.8 Å². The standard InChI is InChI=1S/C6H13NO5S/c8-1-2-4(9)5(10)3(7-13)6(11)12-2/h2-11,13H,1H2/t2-,3-,4-,5-,6?/m1/s1. The lowest BCUT2D eigenvalue weighted by molar-refractivity contribution is -0.251. The molecule has 0 aromatic rings. The van der Waals surface area contributed by atoms with Crippen molar-refractivity contribution in [1.29, 1.82) is 0 Å². The predicted octanol–water partition coefficient (Wildman–Crippen LogP) is -2.78. The van der Waals surface area contributed by atoms with E-state index in [9.17, 15) is 15.3 Å². The topological polar surface area (TPSA) is 102 Å². The van der Waals surface area contributed by atoms with Gasteiger partial charge in [-0.3, -0.25) is 4.72 Å². The van der Waals surface area contributed by atoms with E-state index in [0.717, 1.165) is 0 Å². The largest absolute Gasteiger partial charge is 0.394 e. The lowest BCUT2D eigenvalue weighted by Crippen LogP contribution is -2.61. The molecule has 1 heterocycles. The van der Waals surface area contributed by atoms with Crippen molar-refractivity contribution in [2.45, 2.75) is 30.6 Å². The van der Waals surface area contributed by atoms with Crippen LogP contribution in [0.2, 0.25) is 0 Å². The smallest absolute Gasteiger partial charge is 0.174 e. The highest BCUT2D eigenvalue weighted by Gasteiger charge is 2.42. The Morgan fingerprint density at radius 1 is 1.23 bits per heavy atom. The van der Waals surface area contributed by atoms with Gasteiger partial charge >= 0.3 is 0 Å². The molecular formula is C6H13NO5S. The van der Waals surface area contributed by atoms with Gasteiger partial charge in [0.2, 0.25) is 0 Å². The fraction of sp³-hybridized carbons (Fsp3) is 1.00. The summed E-state index contributed by atoms with van der Waals surface area (Å²) >= 11 is 3.66. The van der Waals surface area contributed by atoms with Crippen LogP contribution in [0.4, 0.5) is 0 Å². The van der Waals surface area contributed by atoms with Crippen molar-refractivity contribution in [3.05, 3.63) is 0 Å². The molecular weight excluding hydrogens is 198 g/mol. The highest BCUT2D eigenvalue weighted by Crippen LogP contribution is 2.19. The van der Waals surface area contributed by atoms with E-state index >= 15 is 0 Å². The summed E-state index contributed by atoms with van der Waals surface area (Å²) in [6.07, 6.45) is -4.73. The first-order valence-corrected chi connectivity index (χ1v) is 4.26. The Bertz CT molecular complexity index is 171. The van der Waals surface area contributed by atoms with Crippen molar-refractivity contribution in [1.82, 2.24) is 4.72 Å². The zero-order chi connectivity index (χ0) is 10.0. The van der Waals surface area contributed by atoms with Gasteiger partial charge in [0.05, 0.1) is 12.6 Å². The maximum atomic E-state index is 9.40. The van der Waals surface area contributed by atoms with Gasteiger partial charge in [0.25, 0.3) is 0 Å². The first-order chi connectivity index (χ1) is 6.11. The summed E-state index contributed by atoms with van der Waals surface area (Å²) in [5, 5.41) is 36.7. The molecule has 1 rings (SSSR count). The van der Waals surface area contributed by atoms with Crippen LogP contribution in [0.3, 0.4) is 0 Å². The minimum absolute atomic E-state index is 0.464. The van der Waals surface area contributed by atoms with Crippen LogP contribution in [-0.4, -0.2) is 57.7 Å². The van der Waals surface area contributed by atoms with Crippen LogP contribution in [0.15, 0.2) is 0 Å². The van der Waals surface area contributed by atoms with Gasteiger partial charge in [0, 0.05) is 0 Å². The summed E-state index contributed by atoms with van der Waals surface area (Å²) in [5.74, 6) is 0. The molecule has 78 valence electrons. The van der Waals surface area contributed by atoms with Crippen LogP contribution in [0.5, 0.6) is 0 Å². The number of rotatable bonds is 2. The number of hydrogen-bond donors (Lipinski definition) is 6. The molecule has 0 aromatic carbocycles. The van der Waals surface area contributed by atoms with Crippen molar-refractivity contribution < 1.29 is 25.2 Å². The first-order valence-electron chi connectivity index (χ1n) is 3.82. The van der Waals surface area contributed by atoms with E-state index in [-0.39, 0.29) is 0 Å². The second-order valence-corrected chi connectivity index (χ2v) is 3.14. The number of ether oxygens (including phenoxy) is 1. The number of thiol groups is 1. The highest BCUT2D eigenvalue weighted by molar-refractivity contribution is 7.78. The molecule has 0 bridgehead atoms. The number of hydrogen-bond acceptors (Lipinski definition) is 7. The SMILES string of the molecule is OC[C@H]1OC(O)[C@H](NS)[C@@H](O)[C@@H]1O. The normalized spacial score (nSPS) is 46.4. The molecule has 13 heavy (non-hydrogen) atoms. The average Bonchev–Trinajstić information content (AvgIpc) is 2.12. The van der Waals surface area contributed by atoms with Crippen molar-refractivity contribution in [3.8, 4) is 0 Å². The van der Waals surface area contributed by atoms with Crippen molar-refractivity contribution in [3.63, 3.8) is 0 Å². The second kappa shape index (κ2) is 4.56. The van der Waals surface area contributed by atoms with Gasteiger partial charge in [0.1, 0.15) is 18.3 Å². The van der Waals surface area contributed by atoms with Gasteiger partial charge < -0.3 is 25.2 Å². The lowest BCUT2D eigenvalue weighted by atomic mass is 9.98. The summed E-state index contributed by atoms with van der Waals surface area (Å²) in [6.45, 7) is -0.464. The minimum atomic E-state index is -1.30. The molecule has 0 spiro atoms. The third kappa shape index (κ3) is 2.13. The number of nitrogens with one attached hydrogen (secondary N) is 1. The van der Waals surface area contributed by atoms with E-state index in [1.54, 1.807) is 0 Å². The van der Waals surface area contributed by atoms with Crippen molar-refractivity contribution >= 4 is 12.8 Å². The van der Waals surface area contributed by atoms with Gasteiger partial charge in [-0.25, -0.2) is 0 Å². The highest BCUT2D eigenvalue weighted by atomic mass is 32.1. The minimum Gasteiger partial charge on any atom is -0.394 e. The van der Waals surface area contributed by atoms with E-state index < -0.39 is 37.3 Å². The maximum absolute atomic E-state index is 9.40. The predicted molar refractivity (Wildman–Crippen MR) is 45.9 cm³/mol. The Labute approximate surface area is 80.7 Å². The Morgan fingerprint density at radius 3 is 2.31 bits per heavy atom. The molecule has 5 N–H and O–H groups in total. The van der Waals surface area contributed by atoms with E-state index in [2.05, 4.69) is 17.5 Å². The van der Waals surface area contributed by atoms with E-state index in [1.807, 2.05) is 0 Å². The molecule has 6 nitrogen and oxygen atoms in total. The van der Waals surface area contributed by atoms with E-state index in [1.165, 1.54) is 0 Å². The van der Waals surface area contributed by atoms with Crippen molar-refractivity contribution in [2.24, 2.45) is 0 Å². The molecule has 0 amide bonds. The molecule has 1 aliphatic rings. The number of aliphatic hydroxyl groups is 4. The Kier molecular flexibility index (Phi) is 3.92. The summed E-state index contributed by atoms with van der Waals surface area (Å²) in [4.78, 5) is 0. The molecule has 1 fully saturated rings. The first kappa shape index (κ1) is 11.2. The zero-order valence-corrected chi connectivity index (χ0v) is 7.63. The van der Waals surface area contributed by atoms with Gasteiger partial charge in [0.15, 0.2) is 6.29 Å². The summed E-state index contributed by atoms with van der Waals surface area (Å²) < 4.78 is 7.11. The van der Waals surface area contributed by atoms with Gasteiger partial charge in [-0.15, -0.1) is 0 Å². The Balaban J connectivity index is 2.66. The molecule has 0 aromatic heterocycles. The Morgan fingerprint density at radius 2 is 1.85 bits per heavy atom. The molecule has 1 aliphatic heterocycles. The van der Waals surface area contributed by atoms with E-state index in [0.29, 0.717) is 0 Å². The summed E-state index contributed by atoms with van der Waals surface area (Å²) in [7, 11) is 0. The molecule has 0 aliphatic carbocycles. The quantitative estimate of drug-likeness (QED) is 0.276. The molecule has 1 saturated heterocycles. The fourth-order valence-corrected chi connectivity index (χ4v) is 1.52. The molecule has 1 unspecified atom stereocenters. The molecule has 5 atom stereocenters. The van der Waals surface area contributed by atoms with Crippen LogP contribution < -0.4 is 4.72 Å². The van der Waals surface area contributed by atoms with E-state index in [4.69, 9.17) is 9.84 Å². The maximum Gasteiger partial charge on any atom is 0.174 e. The second-order valence-electron chi connectivity index (χ2n) is 2.88. The monoisotopic (exact) mass is 211 g/mol. The third-order valence-electron chi connectivity index (χ3n) is 2.05. The summed E-state index contributed by atoms with van der Waals surface area (Å²) in [5.41, 5.74) is 0. The van der Waals surface area contributed by atoms with Gasteiger partial charge in [-0.2, -0.15) is 0 Å². The average molecular weight is 211 g/mol. The van der Waals surface area contributed by atoms with Crippen molar-refractivity contribution in [2.75, 3.05) is 6.61 Å². The van der Waals surface area contributed by atoms with Crippen LogP contribution in [0.1, 0.15) is 0 Å². The lowest BCUT2D eigenvalue weighted by Gasteiger charge is -2.39. The van der Waals surface area contributed by atoms with Crippen LogP contribution in [0.25, 0.3) is 0 Å². The van der Waals surface area contributed by atoms with Crippen LogP contribution in [-0.2, 0) is 4.74 Å². The van der Waals surface area contributed by atoms with Crippen LogP contribution in [0, 0.1) is 0 Å².